The van der Waals surface area contributed by atoms with Crippen LogP contribution in [0.4, 0.5) is 0 Å². The number of carbonyl (C=O) groups is 3. The quantitative estimate of drug-likeness (QED) is 0.115. The van der Waals surface area contributed by atoms with Crippen LogP contribution >= 0.6 is 0 Å². The second kappa shape index (κ2) is 18.4. The molecule has 11 heteroatoms. The molecule has 0 saturated heterocycles. The Bertz CT molecular complexity index is 1830. The van der Waals surface area contributed by atoms with Crippen molar-refractivity contribution in [1.82, 2.24) is 30.2 Å². The Labute approximate surface area is 334 Å². The smallest absolute Gasteiger partial charge is 0.332 e. The maximum absolute atomic E-state index is 14.6. The summed E-state index contributed by atoms with van der Waals surface area (Å²) < 4.78 is 13.6. The number of esters is 1. The molecule has 2 saturated carbocycles. The van der Waals surface area contributed by atoms with E-state index < -0.39 is 17.0 Å². The SMILES string of the molecule is CNCCCN(C)CCCN(C)C(=O)c1ccc(-n2nc(C(=O)NC3(C(=O)OC(C)(C)C)CCC4CC(C)CC3C4)cc2-c2ccccc2OC)c(C(C)C)c1. The summed E-state index contributed by atoms with van der Waals surface area (Å²) in [6.45, 7) is 15.6. The first-order valence-corrected chi connectivity index (χ1v) is 20.6. The maximum atomic E-state index is 14.6. The van der Waals surface area contributed by atoms with Crippen LogP contribution in [-0.2, 0) is 9.53 Å². The Morgan fingerprint density at radius 3 is 2.43 bits per heavy atom. The number of ether oxygens (including phenoxy) is 2. The molecule has 0 aliphatic heterocycles. The summed E-state index contributed by atoms with van der Waals surface area (Å²) >= 11 is 0. The van der Waals surface area contributed by atoms with Gasteiger partial charge in [-0.05, 0) is 165 Å². The lowest BCUT2D eigenvalue weighted by molar-refractivity contribution is -0.169. The molecule has 1 aromatic heterocycles. The predicted molar refractivity (Wildman–Crippen MR) is 223 cm³/mol. The number of para-hydroxylation sites is 1. The monoisotopic (exact) mass is 771 g/mol. The highest BCUT2D eigenvalue weighted by atomic mass is 16.6. The third-order valence-electron chi connectivity index (χ3n) is 11.6. The molecule has 2 N–H and O–H groups in total. The minimum absolute atomic E-state index is 0.0280. The molecule has 4 atom stereocenters. The number of rotatable bonds is 16. The van der Waals surface area contributed by atoms with Crippen molar-refractivity contribution in [3.8, 4) is 22.7 Å². The van der Waals surface area contributed by atoms with E-state index in [0.717, 1.165) is 75.0 Å². The van der Waals surface area contributed by atoms with Crippen LogP contribution in [0, 0.1) is 17.8 Å². The van der Waals surface area contributed by atoms with Gasteiger partial charge in [-0.15, -0.1) is 0 Å². The van der Waals surface area contributed by atoms with Crippen LogP contribution in [0.1, 0.15) is 119 Å². The molecule has 2 bridgehead atoms. The minimum atomic E-state index is -1.15. The van der Waals surface area contributed by atoms with Gasteiger partial charge in [0.2, 0.25) is 0 Å². The fourth-order valence-corrected chi connectivity index (χ4v) is 8.74. The highest BCUT2D eigenvalue weighted by molar-refractivity contribution is 5.98. The number of fused-ring (bicyclic) bond motifs is 2. The van der Waals surface area contributed by atoms with Crippen molar-refractivity contribution in [2.24, 2.45) is 17.8 Å². The van der Waals surface area contributed by atoms with Gasteiger partial charge in [0.15, 0.2) is 5.69 Å². The van der Waals surface area contributed by atoms with Crippen molar-refractivity contribution in [2.45, 2.75) is 104 Å². The molecule has 3 aromatic rings. The van der Waals surface area contributed by atoms with Gasteiger partial charge in [-0.25, -0.2) is 9.48 Å². The first kappa shape index (κ1) is 42.9. The average Bonchev–Trinajstić information content (AvgIpc) is 3.60. The molecule has 11 nitrogen and oxygen atoms in total. The van der Waals surface area contributed by atoms with Gasteiger partial charge in [-0.3, -0.25) is 9.59 Å². The van der Waals surface area contributed by atoms with Crippen molar-refractivity contribution in [2.75, 3.05) is 54.4 Å². The van der Waals surface area contributed by atoms with E-state index >= 15 is 0 Å². The van der Waals surface area contributed by atoms with E-state index in [1.165, 1.54) is 0 Å². The molecular formula is C45H66N6O5. The van der Waals surface area contributed by atoms with Crippen LogP contribution in [-0.4, -0.2) is 103 Å². The Balaban J connectivity index is 1.50. The number of benzene rings is 2. The summed E-state index contributed by atoms with van der Waals surface area (Å²) in [5.74, 6) is 0.793. The second-order valence-electron chi connectivity index (χ2n) is 17.6. The van der Waals surface area contributed by atoms with Gasteiger partial charge < -0.3 is 29.9 Å². The normalized spacial score (nSPS) is 20.9. The summed E-state index contributed by atoms with van der Waals surface area (Å²) in [5.41, 5.74) is 2.02. The van der Waals surface area contributed by atoms with E-state index in [0.29, 0.717) is 41.8 Å². The zero-order chi connectivity index (χ0) is 40.8. The van der Waals surface area contributed by atoms with E-state index in [1.807, 2.05) is 77.3 Å². The fraction of sp³-hybridized carbons (Fsp3) is 0.600. The Morgan fingerprint density at radius 2 is 1.73 bits per heavy atom. The molecule has 2 fully saturated rings. The summed E-state index contributed by atoms with van der Waals surface area (Å²) in [7, 11) is 7.57. The summed E-state index contributed by atoms with van der Waals surface area (Å²) in [6, 6.07) is 15.2. The van der Waals surface area contributed by atoms with Crippen LogP contribution < -0.4 is 15.4 Å². The van der Waals surface area contributed by atoms with Crippen molar-refractivity contribution in [3.63, 3.8) is 0 Å². The Kier molecular flexibility index (Phi) is 14.1. The number of amides is 2. The fourth-order valence-electron chi connectivity index (χ4n) is 8.74. The van der Waals surface area contributed by atoms with Crippen molar-refractivity contribution in [1.29, 1.82) is 0 Å². The standard InChI is InChI=1S/C45H66N6O5/c1-30(2)36-28-33(42(53)50(9)24-14-23-49(8)22-13-21-46-7)17-18-38(36)51-39(35-15-11-12-16-40(35)55-10)29-37(48-51)41(52)47-45(43(54)56-44(4,5)6)20-19-32-25-31(3)26-34(45)27-32/h11-12,15-18,28-32,34,46H,13-14,19-27H2,1-10H3,(H,47,52). The van der Waals surface area contributed by atoms with Crippen LogP contribution in [0.25, 0.3) is 16.9 Å². The number of hydrogen-bond donors (Lipinski definition) is 2. The number of hydrogen-bond acceptors (Lipinski definition) is 8. The van der Waals surface area contributed by atoms with Crippen molar-refractivity contribution in [3.05, 3.63) is 65.4 Å². The molecule has 0 spiro atoms. The average molecular weight is 771 g/mol. The van der Waals surface area contributed by atoms with Gasteiger partial charge >= 0.3 is 5.97 Å². The van der Waals surface area contributed by atoms with Gasteiger partial charge in [0.05, 0.1) is 18.5 Å². The van der Waals surface area contributed by atoms with E-state index in [4.69, 9.17) is 14.6 Å². The van der Waals surface area contributed by atoms with Crippen LogP contribution in [0.2, 0.25) is 0 Å². The minimum Gasteiger partial charge on any atom is -0.496 e. The van der Waals surface area contributed by atoms with Gasteiger partial charge in [0, 0.05) is 24.7 Å². The molecule has 2 amide bonds. The van der Waals surface area contributed by atoms with E-state index in [-0.39, 0.29) is 29.4 Å². The molecular weight excluding hydrogens is 705 g/mol. The maximum Gasteiger partial charge on any atom is 0.332 e. The molecule has 56 heavy (non-hydrogen) atoms. The largest absolute Gasteiger partial charge is 0.496 e. The number of nitrogens with zero attached hydrogens (tertiary/aromatic N) is 4. The third-order valence-corrected chi connectivity index (χ3v) is 11.6. The lowest BCUT2D eigenvalue weighted by Gasteiger charge is -2.50. The molecule has 0 radical (unpaired) electrons. The van der Waals surface area contributed by atoms with Crippen LogP contribution in [0.15, 0.2) is 48.5 Å². The first-order chi connectivity index (χ1) is 26.6. The highest BCUT2D eigenvalue weighted by Crippen LogP contribution is 2.48. The molecule has 5 rings (SSSR count). The molecule has 2 aliphatic rings. The molecule has 2 aliphatic carbocycles. The van der Waals surface area contributed by atoms with E-state index in [9.17, 15) is 14.4 Å². The Morgan fingerprint density at radius 1 is 1.00 bits per heavy atom. The van der Waals surface area contributed by atoms with E-state index in [2.05, 4.69) is 43.4 Å². The summed E-state index contributed by atoms with van der Waals surface area (Å²) in [4.78, 5) is 46.6. The third kappa shape index (κ3) is 10.0. The van der Waals surface area contributed by atoms with Gasteiger partial charge in [-0.1, -0.05) is 32.9 Å². The molecule has 1 heterocycles. The number of aromatic nitrogens is 2. The molecule has 4 unspecified atom stereocenters. The second-order valence-corrected chi connectivity index (χ2v) is 17.6. The lowest BCUT2D eigenvalue weighted by atomic mass is 9.60. The molecule has 2 aromatic carbocycles. The van der Waals surface area contributed by atoms with Crippen LogP contribution in [0.5, 0.6) is 5.75 Å². The van der Waals surface area contributed by atoms with Gasteiger partial charge in [-0.2, -0.15) is 5.10 Å². The molecule has 306 valence electrons. The zero-order valence-electron chi connectivity index (χ0n) is 35.5. The predicted octanol–water partition coefficient (Wildman–Crippen LogP) is 7.33. The summed E-state index contributed by atoms with van der Waals surface area (Å²) in [5, 5.41) is 11.4. The van der Waals surface area contributed by atoms with Crippen molar-refractivity contribution < 1.29 is 23.9 Å². The van der Waals surface area contributed by atoms with Gasteiger partial charge in [0.25, 0.3) is 11.8 Å². The van der Waals surface area contributed by atoms with Gasteiger partial charge in [0.1, 0.15) is 16.9 Å². The zero-order valence-corrected chi connectivity index (χ0v) is 35.5. The van der Waals surface area contributed by atoms with Crippen molar-refractivity contribution >= 4 is 17.8 Å². The first-order valence-electron chi connectivity index (χ1n) is 20.6. The lowest BCUT2D eigenvalue weighted by Crippen LogP contribution is -2.64. The topological polar surface area (TPSA) is 118 Å². The Hall–Kier alpha value is -4.22. The van der Waals surface area contributed by atoms with E-state index in [1.54, 1.807) is 22.8 Å². The number of methoxy groups -OCH3 is 1. The number of nitrogens with one attached hydrogen (secondary N) is 2. The van der Waals surface area contributed by atoms with Crippen LogP contribution in [0.3, 0.4) is 0 Å². The number of carbonyl (C=O) groups excluding carboxylic acids is 3. The summed E-state index contributed by atoms with van der Waals surface area (Å²) in [6.07, 6.45) is 6.23. The highest BCUT2D eigenvalue weighted by Gasteiger charge is 2.54.